The van der Waals surface area contributed by atoms with Gasteiger partial charge in [-0.2, -0.15) is 4.99 Å². The molecule has 180 valence electrons. The molecular formula is C23H26ClN5O5. The largest absolute Gasteiger partial charge is 0.463 e. The van der Waals surface area contributed by atoms with E-state index in [4.69, 9.17) is 27.2 Å². The SMILES string of the molecule is CC.Cc1cc(NC(=O)/C(N)=N/C(=O)O)cc(Cl)c1Oc1ccc2[nH]c(=O)n(C3(C)CC3)c2c1. The van der Waals surface area contributed by atoms with Crippen molar-refractivity contribution in [1.82, 2.24) is 9.55 Å². The van der Waals surface area contributed by atoms with Gasteiger partial charge >= 0.3 is 11.8 Å². The molecule has 1 aromatic heterocycles. The molecule has 5 N–H and O–H groups in total. The van der Waals surface area contributed by atoms with E-state index in [0.29, 0.717) is 22.7 Å². The Bertz CT molecular complexity index is 1330. The fraction of sp³-hybridized carbons (Fsp3) is 0.304. The van der Waals surface area contributed by atoms with Crippen LogP contribution in [0.3, 0.4) is 0 Å². The molecule has 0 radical (unpaired) electrons. The minimum Gasteiger partial charge on any atom is -0.463 e. The summed E-state index contributed by atoms with van der Waals surface area (Å²) in [4.78, 5) is 40.7. The first-order chi connectivity index (χ1) is 16.1. The van der Waals surface area contributed by atoms with Gasteiger partial charge < -0.3 is 25.9 Å². The Balaban J connectivity index is 0.00000158. The molecule has 1 fully saturated rings. The van der Waals surface area contributed by atoms with Crippen LogP contribution in [0.2, 0.25) is 5.02 Å². The molecule has 0 bridgehead atoms. The lowest BCUT2D eigenvalue weighted by molar-refractivity contribution is -0.110. The van der Waals surface area contributed by atoms with Crippen molar-refractivity contribution >= 4 is 46.2 Å². The molecule has 0 aliphatic heterocycles. The molecule has 3 aromatic rings. The Hall–Kier alpha value is -3.79. The summed E-state index contributed by atoms with van der Waals surface area (Å²) in [6.07, 6.45) is 0.297. The highest BCUT2D eigenvalue weighted by atomic mass is 35.5. The molecule has 10 nitrogen and oxygen atoms in total. The van der Waals surface area contributed by atoms with E-state index < -0.39 is 17.8 Å². The number of anilines is 1. The van der Waals surface area contributed by atoms with Crippen LogP contribution in [-0.2, 0) is 10.3 Å². The second-order valence-corrected chi connectivity index (χ2v) is 8.29. The number of carbonyl (C=O) groups excluding carboxylic acids is 1. The molecule has 34 heavy (non-hydrogen) atoms. The average Bonchev–Trinajstić information content (AvgIpc) is 3.41. The van der Waals surface area contributed by atoms with Gasteiger partial charge in [0.2, 0.25) is 0 Å². The highest BCUT2D eigenvalue weighted by Crippen LogP contribution is 2.44. The Kier molecular flexibility index (Phi) is 7.01. The summed E-state index contributed by atoms with van der Waals surface area (Å²) in [5.74, 6) is -0.699. The number of nitrogens with two attached hydrogens (primary N) is 1. The second-order valence-electron chi connectivity index (χ2n) is 7.88. The van der Waals surface area contributed by atoms with Gasteiger partial charge in [0.05, 0.1) is 16.1 Å². The predicted octanol–water partition coefficient (Wildman–Crippen LogP) is 4.59. The van der Waals surface area contributed by atoms with Gasteiger partial charge in [-0.25, -0.2) is 9.59 Å². The lowest BCUT2D eigenvalue weighted by Gasteiger charge is -2.14. The third-order valence-electron chi connectivity index (χ3n) is 5.32. The summed E-state index contributed by atoms with van der Waals surface area (Å²) in [7, 11) is 0. The number of fused-ring (bicyclic) bond motifs is 1. The molecule has 2 aromatic carbocycles. The molecule has 0 atom stereocenters. The van der Waals surface area contributed by atoms with Crippen molar-refractivity contribution in [3.63, 3.8) is 0 Å². The molecule has 1 aliphatic carbocycles. The third kappa shape index (κ3) is 5.07. The molecule has 1 heterocycles. The van der Waals surface area contributed by atoms with E-state index in [9.17, 15) is 14.4 Å². The zero-order chi connectivity index (χ0) is 25.2. The number of amidine groups is 1. The molecular weight excluding hydrogens is 462 g/mol. The number of hydrogen-bond acceptors (Lipinski definition) is 4. The normalized spacial score (nSPS) is 14.2. The lowest BCUT2D eigenvalue weighted by Crippen LogP contribution is -2.31. The maximum absolute atomic E-state index is 12.4. The summed E-state index contributed by atoms with van der Waals surface area (Å²) in [6, 6.07) is 8.34. The monoisotopic (exact) mass is 487 g/mol. The maximum Gasteiger partial charge on any atom is 0.433 e. The smallest absolute Gasteiger partial charge is 0.433 e. The first kappa shape index (κ1) is 24.8. The number of hydrogen-bond donors (Lipinski definition) is 4. The highest BCUT2D eigenvalue weighted by Gasteiger charge is 2.41. The van der Waals surface area contributed by atoms with E-state index in [0.717, 1.165) is 23.9 Å². The van der Waals surface area contributed by atoms with Crippen molar-refractivity contribution in [2.24, 2.45) is 10.7 Å². The van der Waals surface area contributed by atoms with Crippen LogP contribution in [0.1, 0.15) is 39.2 Å². The Morgan fingerprint density at radius 2 is 1.94 bits per heavy atom. The second kappa shape index (κ2) is 9.60. The number of ether oxygens (including phenoxy) is 1. The molecule has 0 unspecified atom stereocenters. The van der Waals surface area contributed by atoms with Crippen LogP contribution in [0.4, 0.5) is 10.5 Å². The summed E-state index contributed by atoms with van der Waals surface area (Å²) in [5.41, 5.74) is 7.38. The van der Waals surface area contributed by atoms with Crippen LogP contribution in [0, 0.1) is 6.92 Å². The van der Waals surface area contributed by atoms with E-state index in [1.807, 2.05) is 20.8 Å². The standard InChI is InChI=1S/C21H20ClN5O5.C2H6/c1-10-7-11(24-18(28)17(23)26-20(30)31)8-13(22)16(10)32-12-3-4-14-15(9-12)27(19(29)25-14)21(2)5-6-21;1-2/h3-4,7-9H,5-6H2,1-2H3,(H2,23,26)(H,24,28)(H,25,29)(H,30,31);1-2H3. The number of benzene rings is 2. The van der Waals surface area contributed by atoms with Gasteiger partial charge in [0.15, 0.2) is 5.84 Å². The van der Waals surface area contributed by atoms with Crippen LogP contribution in [-0.4, -0.2) is 32.5 Å². The number of nitrogens with one attached hydrogen (secondary N) is 2. The van der Waals surface area contributed by atoms with Crippen molar-refractivity contribution in [2.45, 2.75) is 46.1 Å². The minimum atomic E-state index is -1.57. The number of aryl methyl sites for hydroxylation is 1. The molecule has 4 rings (SSSR count). The number of H-pyrrole nitrogens is 1. The van der Waals surface area contributed by atoms with Crippen LogP contribution in [0.5, 0.6) is 11.5 Å². The van der Waals surface area contributed by atoms with Crippen molar-refractivity contribution in [1.29, 1.82) is 0 Å². The first-order valence-corrected chi connectivity index (χ1v) is 11.1. The summed E-state index contributed by atoms with van der Waals surface area (Å²) in [6.45, 7) is 7.78. The van der Waals surface area contributed by atoms with E-state index in [1.165, 1.54) is 6.07 Å². The van der Waals surface area contributed by atoms with Crippen LogP contribution >= 0.6 is 11.6 Å². The summed E-state index contributed by atoms with van der Waals surface area (Å²) < 4.78 is 7.76. The molecule has 1 saturated carbocycles. The van der Waals surface area contributed by atoms with E-state index >= 15 is 0 Å². The van der Waals surface area contributed by atoms with Crippen molar-refractivity contribution < 1.29 is 19.4 Å². The number of aromatic nitrogens is 2. The number of amides is 2. The number of halogens is 1. The zero-order valence-electron chi connectivity index (χ0n) is 19.2. The van der Waals surface area contributed by atoms with Crippen LogP contribution in [0.25, 0.3) is 11.0 Å². The topological polar surface area (TPSA) is 152 Å². The molecule has 0 spiro atoms. The summed E-state index contributed by atoms with van der Waals surface area (Å²) >= 11 is 6.37. The Morgan fingerprint density at radius 3 is 2.53 bits per heavy atom. The van der Waals surface area contributed by atoms with Crippen LogP contribution in [0.15, 0.2) is 40.1 Å². The first-order valence-electron chi connectivity index (χ1n) is 10.7. The average molecular weight is 488 g/mol. The van der Waals surface area contributed by atoms with Gasteiger partial charge in [-0.15, -0.1) is 0 Å². The van der Waals surface area contributed by atoms with Crippen molar-refractivity contribution in [3.8, 4) is 11.5 Å². The maximum atomic E-state index is 12.4. The Labute approximate surface area is 200 Å². The van der Waals surface area contributed by atoms with Crippen molar-refractivity contribution in [3.05, 3.63) is 51.4 Å². The quantitative estimate of drug-likeness (QED) is 0.312. The lowest BCUT2D eigenvalue weighted by atomic mass is 10.2. The highest BCUT2D eigenvalue weighted by molar-refractivity contribution is 6.42. The van der Waals surface area contributed by atoms with Gasteiger partial charge in [-0.3, -0.25) is 9.36 Å². The van der Waals surface area contributed by atoms with Gasteiger partial charge in [0.25, 0.3) is 5.91 Å². The number of aliphatic imine (C=N–C) groups is 1. The van der Waals surface area contributed by atoms with Gasteiger partial charge in [-0.05, 0) is 56.5 Å². The molecule has 0 saturated heterocycles. The number of carboxylic acid groups (broad SMARTS) is 1. The number of carbonyl (C=O) groups is 2. The van der Waals surface area contributed by atoms with Gasteiger partial charge in [-0.1, -0.05) is 25.4 Å². The van der Waals surface area contributed by atoms with E-state index in [1.54, 1.807) is 35.8 Å². The van der Waals surface area contributed by atoms with Gasteiger partial charge in [0, 0.05) is 17.3 Å². The summed E-state index contributed by atoms with van der Waals surface area (Å²) in [5, 5.41) is 11.2. The van der Waals surface area contributed by atoms with Gasteiger partial charge in [0.1, 0.15) is 11.5 Å². The molecule has 2 amide bonds. The zero-order valence-corrected chi connectivity index (χ0v) is 20.0. The molecule has 1 aliphatic rings. The number of rotatable bonds is 4. The number of imidazole rings is 1. The van der Waals surface area contributed by atoms with Crippen LogP contribution < -0.4 is 21.5 Å². The Morgan fingerprint density at radius 1 is 1.26 bits per heavy atom. The third-order valence-corrected chi connectivity index (χ3v) is 5.60. The fourth-order valence-electron chi connectivity index (χ4n) is 3.49. The predicted molar refractivity (Wildman–Crippen MR) is 131 cm³/mol. The molecule has 11 heteroatoms. The fourth-order valence-corrected chi connectivity index (χ4v) is 3.79. The van der Waals surface area contributed by atoms with Crippen molar-refractivity contribution in [2.75, 3.05) is 5.32 Å². The number of nitrogens with zero attached hydrogens (tertiary/aromatic N) is 2. The van der Waals surface area contributed by atoms with E-state index in [2.05, 4.69) is 15.3 Å². The number of aromatic amines is 1. The van der Waals surface area contributed by atoms with E-state index in [-0.39, 0.29) is 16.3 Å². The minimum absolute atomic E-state index is 0.155.